The quantitative estimate of drug-likeness (QED) is 0.249. The number of halogens is 1. The molecule has 4 aromatic rings. The van der Waals surface area contributed by atoms with Crippen molar-refractivity contribution in [3.63, 3.8) is 0 Å². The van der Waals surface area contributed by atoms with Crippen molar-refractivity contribution in [2.45, 2.75) is 24.5 Å². The number of rotatable bonds is 6. The number of hydrogen-bond acceptors (Lipinski definition) is 10. The lowest BCUT2D eigenvalue weighted by molar-refractivity contribution is -0.167. The van der Waals surface area contributed by atoms with Crippen molar-refractivity contribution in [2.75, 3.05) is 18.9 Å². The van der Waals surface area contributed by atoms with Crippen molar-refractivity contribution >= 4 is 34.6 Å². The van der Waals surface area contributed by atoms with Crippen LogP contribution in [0.5, 0.6) is 0 Å². The van der Waals surface area contributed by atoms with Gasteiger partial charge >= 0.3 is 0 Å². The highest BCUT2D eigenvalue weighted by atomic mass is 35.5. The van der Waals surface area contributed by atoms with E-state index in [9.17, 15) is 15.0 Å². The van der Waals surface area contributed by atoms with E-state index in [1.54, 1.807) is 12.3 Å². The minimum absolute atomic E-state index is 0.00310. The second kappa shape index (κ2) is 8.61. The maximum absolute atomic E-state index is 13.4. The molecular formula is C20H20ClN9O4. The Morgan fingerprint density at radius 2 is 2.26 bits per heavy atom. The first kappa shape index (κ1) is 18.7. The summed E-state index contributed by atoms with van der Waals surface area (Å²) >= 11 is 6.06. The Morgan fingerprint density at radius 3 is 2.97 bits per heavy atom. The Kier molecular flexibility index (Phi) is 4.74. The highest BCUT2D eigenvalue weighted by Crippen LogP contribution is 2.38. The first-order valence-electron chi connectivity index (χ1n) is 11.5. The molecular weight excluding hydrogens is 466 g/mol. The number of anilines is 1. The number of carbonyl (C=O) groups is 1. The van der Waals surface area contributed by atoms with Gasteiger partial charge in [0.2, 0.25) is 5.95 Å². The number of aromatic nitrogens is 7. The number of aromatic amines is 1. The molecule has 14 heteroatoms. The standard InChI is InChI=1S/C20H20ClN9O4/c1-22-18(33)20(15(32)14(31)8-34-20)30-17-13(28-19(30)26-6-12-5-24-9-27-12)7-25-16(29-17)10-2-11(21)4-23-3-10/h2-5,7,9,14-15,31-32H,6,8H2,1H3,(H,22,33)(H,24,27)(H,26,28)/i1D3. The van der Waals surface area contributed by atoms with E-state index in [1.165, 1.54) is 24.9 Å². The molecule has 1 saturated heterocycles. The highest BCUT2D eigenvalue weighted by Gasteiger charge is 2.58. The largest absolute Gasteiger partial charge is 0.388 e. The lowest BCUT2D eigenvalue weighted by atomic mass is 10.0. The van der Waals surface area contributed by atoms with Crippen LogP contribution in [-0.2, 0) is 21.8 Å². The van der Waals surface area contributed by atoms with E-state index in [0.717, 1.165) is 4.57 Å². The number of aliphatic hydroxyl groups is 2. The minimum Gasteiger partial charge on any atom is -0.388 e. The number of ether oxygens (including phenoxy) is 1. The molecule has 5 N–H and O–H groups in total. The topological polar surface area (TPSA) is 176 Å². The second-order valence-corrected chi connectivity index (χ2v) is 7.89. The summed E-state index contributed by atoms with van der Waals surface area (Å²) in [6, 6.07) is 1.58. The zero-order chi connectivity index (χ0) is 26.4. The molecule has 0 aromatic carbocycles. The Bertz CT molecular complexity index is 1450. The van der Waals surface area contributed by atoms with Crippen LogP contribution in [0.25, 0.3) is 22.6 Å². The summed E-state index contributed by atoms with van der Waals surface area (Å²) in [7, 11) is 0. The van der Waals surface area contributed by atoms with Gasteiger partial charge in [0, 0.05) is 35.2 Å². The molecule has 4 aromatic heterocycles. The number of nitrogens with one attached hydrogen (secondary N) is 3. The van der Waals surface area contributed by atoms with Crippen LogP contribution in [0.2, 0.25) is 5.02 Å². The molecule has 0 saturated carbocycles. The van der Waals surface area contributed by atoms with E-state index in [1.807, 2.05) is 5.32 Å². The third-order valence-corrected chi connectivity index (χ3v) is 5.56. The third kappa shape index (κ3) is 3.54. The van der Waals surface area contributed by atoms with Crippen molar-refractivity contribution in [2.24, 2.45) is 0 Å². The Morgan fingerprint density at radius 1 is 1.38 bits per heavy atom. The molecule has 1 fully saturated rings. The van der Waals surface area contributed by atoms with E-state index in [2.05, 4.69) is 35.2 Å². The van der Waals surface area contributed by atoms with Crippen LogP contribution in [0.15, 0.2) is 37.2 Å². The van der Waals surface area contributed by atoms with Crippen LogP contribution in [0.4, 0.5) is 5.95 Å². The molecule has 176 valence electrons. The van der Waals surface area contributed by atoms with Crippen LogP contribution in [0.1, 0.15) is 9.81 Å². The number of likely N-dealkylation sites (N-methyl/N-ethyl adjacent to an activating group) is 1. The third-order valence-electron chi connectivity index (χ3n) is 5.36. The van der Waals surface area contributed by atoms with Gasteiger partial charge in [-0.3, -0.25) is 14.3 Å². The zero-order valence-electron chi connectivity index (χ0n) is 20.3. The predicted molar refractivity (Wildman–Crippen MR) is 119 cm³/mol. The van der Waals surface area contributed by atoms with Gasteiger partial charge in [-0.15, -0.1) is 0 Å². The van der Waals surface area contributed by atoms with Gasteiger partial charge in [0.15, 0.2) is 11.5 Å². The van der Waals surface area contributed by atoms with E-state index in [4.69, 9.17) is 20.5 Å². The molecule has 5 heterocycles. The van der Waals surface area contributed by atoms with E-state index in [-0.39, 0.29) is 29.5 Å². The molecule has 3 atom stereocenters. The predicted octanol–water partition coefficient (Wildman–Crippen LogP) is 0.0277. The smallest absolute Gasteiger partial charge is 0.276 e. The molecule has 1 aliphatic rings. The number of pyridine rings is 1. The Balaban J connectivity index is 1.72. The summed E-state index contributed by atoms with van der Waals surface area (Å²) in [6.45, 7) is -3.27. The van der Waals surface area contributed by atoms with Crippen molar-refractivity contribution in [1.29, 1.82) is 0 Å². The van der Waals surface area contributed by atoms with Crippen LogP contribution >= 0.6 is 11.6 Å². The molecule has 34 heavy (non-hydrogen) atoms. The van der Waals surface area contributed by atoms with E-state index < -0.39 is 37.4 Å². The van der Waals surface area contributed by atoms with Gasteiger partial charge in [-0.25, -0.2) is 19.9 Å². The molecule has 1 amide bonds. The van der Waals surface area contributed by atoms with Crippen molar-refractivity contribution < 1.29 is 23.9 Å². The van der Waals surface area contributed by atoms with Crippen LogP contribution in [0, 0.1) is 0 Å². The van der Waals surface area contributed by atoms with Gasteiger partial charge < -0.3 is 30.6 Å². The fourth-order valence-electron chi connectivity index (χ4n) is 3.78. The average Bonchev–Trinajstić information content (AvgIpc) is 3.55. The highest BCUT2D eigenvalue weighted by molar-refractivity contribution is 6.30. The lowest BCUT2D eigenvalue weighted by Crippen LogP contribution is -2.56. The van der Waals surface area contributed by atoms with Crippen molar-refractivity contribution in [3.8, 4) is 11.4 Å². The molecule has 0 bridgehead atoms. The maximum Gasteiger partial charge on any atom is 0.276 e. The lowest BCUT2D eigenvalue weighted by Gasteiger charge is -2.32. The normalized spacial score (nSPS) is 23.9. The zero-order valence-corrected chi connectivity index (χ0v) is 18.1. The van der Waals surface area contributed by atoms with E-state index >= 15 is 0 Å². The Labute approximate surface area is 201 Å². The molecule has 0 spiro atoms. The number of carbonyl (C=O) groups excluding carboxylic acids is 1. The summed E-state index contributed by atoms with van der Waals surface area (Å²) < 4.78 is 29.3. The molecule has 3 unspecified atom stereocenters. The number of H-pyrrole nitrogens is 1. The average molecular weight is 489 g/mol. The number of amides is 1. The second-order valence-electron chi connectivity index (χ2n) is 7.45. The van der Waals surface area contributed by atoms with Gasteiger partial charge in [-0.2, -0.15) is 0 Å². The van der Waals surface area contributed by atoms with Gasteiger partial charge in [0.1, 0.15) is 17.7 Å². The molecule has 13 nitrogen and oxygen atoms in total. The minimum atomic E-state index is -2.92. The van der Waals surface area contributed by atoms with Crippen LogP contribution < -0.4 is 10.6 Å². The number of hydrogen-bond donors (Lipinski definition) is 5. The monoisotopic (exact) mass is 488 g/mol. The number of nitrogens with zero attached hydrogens (tertiary/aromatic N) is 6. The van der Waals surface area contributed by atoms with Gasteiger partial charge in [0.25, 0.3) is 11.6 Å². The van der Waals surface area contributed by atoms with Crippen LogP contribution in [-0.4, -0.2) is 76.4 Å². The van der Waals surface area contributed by atoms with Crippen molar-refractivity contribution in [1.82, 2.24) is 39.8 Å². The van der Waals surface area contributed by atoms with Gasteiger partial charge in [-0.1, -0.05) is 11.6 Å². The molecule has 1 aliphatic heterocycles. The van der Waals surface area contributed by atoms with Crippen molar-refractivity contribution in [3.05, 3.63) is 47.9 Å². The molecule has 0 aliphatic carbocycles. The first-order valence-corrected chi connectivity index (χ1v) is 10.4. The summed E-state index contributed by atoms with van der Waals surface area (Å²) in [6.07, 6.45) is 3.99. The number of imidazole rings is 2. The number of aliphatic hydroxyl groups excluding tert-OH is 2. The first-order chi connectivity index (χ1) is 17.6. The fourth-order valence-corrected chi connectivity index (χ4v) is 3.95. The molecule has 5 rings (SSSR count). The number of fused-ring (bicyclic) bond motifs is 1. The summed E-state index contributed by atoms with van der Waals surface area (Å²) in [4.78, 5) is 37.7. The summed E-state index contributed by atoms with van der Waals surface area (Å²) in [5.74, 6) is -1.10. The fraction of sp³-hybridized carbons (Fsp3) is 0.300. The summed E-state index contributed by atoms with van der Waals surface area (Å²) in [5, 5.41) is 26.6. The van der Waals surface area contributed by atoms with Crippen LogP contribution in [0.3, 0.4) is 0 Å². The van der Waals surface area contributed by atoms with E-state index in [0.29, 0.717) is 16.3 Å². The van der Waals surface area contributed by atoms with Gasteiger partial charge in [-0.05, 0) is 6.07 Å². The Hall–Kier alpha value is -3.65. The van der Waals surface area contributed by atoms with Gasteiger partial charge in [0.05, 0.1) is 36.4 Å². The maximum atomic E-state index is 13.4. The SMILES string of the molecule is [2H]C([2H])([2H])NC(=O)C1(n2c(NCc3c[nH]cn3)nc3cnc(-c4cncc(Cl)c4)nc32)OCC(O)C1O. The molecule has 0 radical (unpaired) electrons. The summed E-state index contributed by atoms with van der Waals surface area (Å²) in [5.41, 5.74) is -1.23.